The number of hydrogen-bond donors (Lipinski definition) is 5. The van der Waals surface area contributed by atoms with Crippen LogP contribution in [-0.2, 0) is 61.8 Å². The van der Waals surface area contributed by atoms with Crippen molar-refractivity contribution >= 4 is 30.1 Å². The molecule has 4 heterocycles. The van der Waals surface area contributed by atoms with Gasteiger partial charge in [-0.3, -0.25) is 19.6 Å². The summed E-state index contributed by atoms with van der Waals surface area (Å²) in [6.45, 7) is 17.5. The summed E-state index contributed by atoms with van der Waals surface area (Å²) in [6, 6.07) is -1.05. The third-order valence-electron chi connectivity index (χ3n) is 17.9. The van der Waals surface area contributed by atoms with Gasteiger partial charge in [-0.1, -0.05) is 50.6 Å². The predicted molar refractivity (Wildman–Crippen MR) is 267 cm³/mol. The lowest BCUT2D eigenvalue weighted by Crippen LogP contribution is -2.67. The van der Waals surface area contributed by atoms with Gasteiger partial charge >= 0.3 is 18.0 Å². The highest BCUT2D eigenvalue weighted by atomic mass is 16.8. The summed E-state index contributed by atoms with van der Waals surface area (Å²) in [5.74, 6) is -6.13. The zero-order valence-corrected chi connectivity index (χ0v) is 45.2. The number of alkyl carbamates (subject to hydrolysis) is 1. The first-order valence-electron chi connectivity index (χ1n) is 26.7. The Morgan fingerprint density at radius 1 is 0.882 bits per heavy atom. The molecule has 8 aliphatic rings. The van der Waals surface area contributed by atoms with Crippen molar-refractivity contribution in [1.82, 2.24) is 10.5 Å². The lowest BCUT2D eigenvalue weighted by molar-refractivity contribution is -0.312. The fraction of sp³-hybridized carbons (Fsp3) is 0.727. The van der Waals surface area contributed by atoms with Crippen LogP contribution >= 0.6 is 0 Å². The molecule has 1 amide bonds. The quantitative estimate of drug-likeness (QED) is 0.0452. The van der Waals surface area contributed by atoms with Gasteiger partial charge < -0.3 is 73.7 Å². The van der Waals surface area contributed by atoms with Gasteiger partial charge in [0.25, 0.3) is 0 Å². The average Bonchev–Trinajstić information content (AvgIpc) is 3.75. The van der Waals surface area contributed by atoms with Crippen molar-refractivity contribution in [3.63, 3.8) is 0 Å². The number of carbonyl (C=O) groups is 5. The summed E-state index contributed by atoms with van der Waals surface area (Å²) in [7, 11) is 1.16. The summed E-state index contributed by atoms with van der Waals surface area (Å²) in [5.41, 5.74) is -4.61. The molecule has 22 unspecified atom stereocenters. The smallest absolute Gasteiger partial charge is 0.407 e. The van der Waals surface area contributed by atoms with Gasteiger partial charge in [-0.15, -0.1) is 0 Å². The molecule has 1 spiro atoms. The Hall–Kier alpha value is -4.39. The van der Waals surface area contributed by atoms with Gasteiger partial charge in [0, 0.05) is 49.9 Å². The number of ether oxygens (including phenoxy) is 9. The van der Waals surface area contributed by atoms with E-state index < -0.39 is 162 Å². The third kappa shape index (κ3) is 10.6. The SMILES string of the molecule is COC(=O)NC1C(C)OC(OC2CC=C(C)C3C=CC4C(OC5CC(OC6CCC(O)C(C)O6)C(OC(C)=O)C(C)O5)C(C)CC(C)C4C3(C)C(O)=C3C(=O)OC4(CC(C=O)=CC(O)C4C=C2C)C3=O)CC1(C)N([O-])O. The van der Waals surface area contributed by atoms with Crippen LogP contribution in [0, 0.1) is 46.1 Å². The standard InChI is InChI=1S/C55H77N2O19/c1-25-12-16-39(73-43-23-53(9,57(66)67)48(31(7)71-43)56-52(65)68-11)26(2)19-36-38(61)20-33(24-58)22-55(36)50(63)44(51(64)76-55)49(62)54(10)35(25)14-13-34-45(54)27(3)18-28(4)46(34)75-42-21-40(47(30(6)70-42)72-32(8)59)74-41-17-15-37(60)29(5)69-41/h12-14,19-20,24,27-31,34-43,45-48,60-62,66H,15-18,21-23H2,1-11H3,(H,56,65)/q-1. The molecule has 4 aliphatic carbocycles. The summed E-state index contributed by atoms with van der Waals surface area (Å²) in [5, 5.41) is 61.1. The highest BCUT2D eigenvalue weighted by Crippen LogP contribution is 2.61. The van der Waals surface area contributed by atoms with E-state index in [4.69, 9.17) is 42.6 Å². The number of nitrogens with zero attached hydrogens (tertiary/aromatic N) is 1. The maximum absolute atomic E-state index is 15.4. The first kappa shape index (κ1) is 57.8. The molecule has 5 N–H and O–H groups in total. The largest absolute Gasteiger partial charge is 0.762 e. The molecule has 21 heteroatoms. The number of allylic oxidation sites excluding steroid dienone is 3. The zero-order valence-electron chi connectivity index (χ0n) is 45.2. The fourth-order valence-electron chi connectivity index (χ4n) is 14.0. The molecule has 0 aromatic heterocycles. The molecule has 76 heavy (non-hydrogen) atoms. The number of amides is 1. The minimum absolute atomic E-state index is 0.0156. The van der Waals surface area contributed by atoms with Crippen molar-refractivity contribution in [2.24, 2.45) is 40.9 Å². The molecule has 4 saturated heterocycles. The Bertz CT molecular complexity index is 2400. The number of aldehydes is 1. The molecule has 0 aromatic rings. The first-order valence-corrected chi connectivity index (χ1v) is 26.7. The van der Waals surface area contributed by atoms with Crippen LogP contribution in [0.2, 0.25) is 0 Å². The molecule has 422 valence electrons. The van der Waals surface area contributed by atoms with Crippen LogP contribution in [-0.4, -0.2) is 154 Å². The van der Waals surface area contributed by atoms with Crippen molar-refractivity contribution in [2.45, 2.75) is 205 Å². The number of ketones is 1. The highest BCUT2D eigenvalue weighted by Gasteiger charge is 2.65. The molecule has 4 aliphatic heterocycles. The highest BCUT2D eigenvalue weighted by molar-refractivity contribution is 6.26. The van der Waals surface area contributed by atoms with Crippen molar-refractivity contribution in [3.05, 3.63) is 63.6 Å². The summed E-state index contributed by atoms with van der Waals surface area (Å²) < 4.78 is 55.7. The molecule has 0 aromatic carbocycles. The molecule has 0 radical (unpaired) electrons. The van der Waals surface area contributed by atoms with Gasteiger partial charge in [0.15, 0.2) is 30.6 Å². The zero-order chi connectivity index (χ0) is 55.5. The Morgan fingerprint density at radius 2 is 1.58 bits per heavy atom. The second-order valence-electron chi connectivity index (χ2n) is 23.0. The van der Waals surface area contributed by atoms with E-state index in [1.165, 1.54) is 19.9 Å². The van der Waals surface area contributed by atoms with E-state index in [-0.39, 0.29) is 41.9 Å². The van der Waals surface area contributed by atoms with Gasteiger partial charge in [0.2, 0.25) is 5.78 Å². The van der Waals surface area contributed by atoms with E-state index in [2.05, 4.69) is 25.2 Å². The Balaban J connectivity index is 1.19. The number of fused-ring (bicyclic) bond motifs is 4. The number of aliphatic hydroxyl groups is 3. The average molecular weight is 1070 g/mol. The molecule has 2 bridgehead atoms. The summed E-state index contributed by atoms with van der Waals surface area (Å²) in [6.07, 6.45) is -0.264. The van der Waals surface area contributed by atoms with E-state index in [0.717, 1.165) is 12.7 Å². The molecule has 21 nitrogen and oxygen atoms in total. The lowest BCUT2D eigenvalue weighted by atomic mass is 9.49. The maximum atomic E-state index is 15.4. The minimum atomic E-state index is -2.17. The molecule has 1 saturated carbocycles. The number of esters is 2. The van der Waals surface area contributed by atoms with Crippen LogP contribution in [0.25, 0.3) is 0 Å². The second-order valence-corrected chi connectivity index (χ2v) is 23.0. The molecule has 8 rings (SSSR count). The lowest BCUT2D eigenvalue weighted by Gasteiger charge is -2.56. The van der Waals surface area contributed by atoms with Gasteiger partial charge in [-0.2, -0.15) is 0 Å². The fourth-order valence-corrected chi connectivity index (χ4v) is 14.0. The van der Waals surface area contributed by atoms with Gasteiger partial charge in [-0.25, -0.2) is 9.59 Å². The van der Waals surface area contributed by atoms with Crippen LogP contribution in [0.4, 0.5) is 4.79 Å². The monoisotopic (exact) mass is 1070 g/mol. The van der Waals surface area contributed by atoms with Crippen molar-refractivity contribution < 1.29 is 87.1 Å². The van der Waals surface area contributed by atoms with E-state index in [1.807, 2.05) is 26.0 Å². The predicted octanol–water partition coefficient (Wildman–Crippen LogP) is 5.48. The van der Waals surface area contributed by atoms with Gasteiger partial charge in [0.1, 0.15) is 23.7 Å². The van der Waals surface area contributed by atoms with Crippen molar-refractivity contribution in [1.29, 1.82) is 0 Å². The van der Waals surface area contributed by atoms with Crippen LogP contribution < -0.4 is 5.32 Å². The second kappa shape index (κ2) is 22.4. The first-order chi connectivity index (χ1) is 35.8. The minimum Gasteiger partial charge on any atom is -0.762 e. The number of Topliss-reactive ketones (excluding diaryl/α,β-unsaturated/α-hetero) is 1. The van der Waals surface area contributed by atoms with Gasteiger partial charge in [0.05, 0.1) is 67.3 Å². The van der Waals surface area contributed by atoms with Crippen molar-refractivity contribution in [3.8, 4) is 0 Å². The van der Waals surface area contributed by atoms with Crippen LogP contribution in [0.1, 0.15) is 114 Å². The van der Waals surface area contributed by atoms with E-state index in [9.17, 15) is 44.9 Å². The maximum Gasteiger partial charge on any atom is 0.407 e. The van der Waals surface area contributed by atoms with Crippen LogP contribution in [0.3, 0.4) is 0 Å². The number of aliphatic hydroxyl groups excluding tert-OH is 3. The topological polar surface area (TPSA) is 288 Å². The van der Waals surface area contributed by atoms with Crippen LogP contribution in [0.5, 0.6) is 0 Å². The number of carbonyl (C=O) groups excluding carboxylic acids is 5. The van der Waals surface area contributed by atoms with Gasteiger partial charge in [-0.05, 0) is 95.8 Å². The van der Waals surface area contributed by atoms with E-state index in [1.54, 1.807) is 33.8 Å². The normalized spacial score (nSPS) is 44.8. The Labute approximate surface area is 443 Å². The number of methoxy groups -OCH3 is 1. The summed E-state index contributed by atoms with van der Waals surface area (Å²) in [4.78, 5) is 67.2. The van der Waals surface area contributed by atoms with E-state index in [0.29, 0.717) is 31.1 Å². The third-order valence-corrected chi connectivity index (χ3v) is 17.9. The van der Waals surface area contributed by atoms with Crippen molar-refractivity contribution in [2.75, 3.05) is 7.11 Å². The van der Waals surface area contributed by atoms with Crippen LogP contribution in [0.15, 0.2) is 58.4 Å². The number of hydroxylamine groups is 2. The number of hydrogen-bond acceptors (Lipinski definition) is 20. The molecule has 22 atom stereocenters. The summed E-state index contributed by atoms with van der Waals surface area (Å²) >= 11 is 0. The Kier molecular flexibility index (Phi) is 17.0. The molecular weight excluding hydrogens is 993 g/mol. The number of nitrogens with one attached hydrogen (secondary N) is 1. The van der Waals surface area contributed by atoms with E-state index >= 15 is 4.79 Å². The molecular formula is C55H77N2O19-. The number of rotatable bonds is 10. The Morgan fingerprint density at radius 3 is 2.24 bits per heavy atom. The molecule has 5 fully saturated rings.